The second kappa shape index (κ2) is 7.48. The van der Waals surface area contributed by atoms with Crippen molar-refractivity contribution in [1.82, 2.24) is 10.3 Å². The van der Waals surface area contributed by atoms with Gasteiger partial charge in [0.05, 0.1) is 5.56 Å². The number of carbonyl (C=O) groups excluding carboxylic acids is 1. The molecule has 0 saturated heterocycles. The second-order valence-electron chi connectivity index (χ2n) is 4.31. The molecular formula is C11H19Cl2N3O. The quantitative estimate of drug-likeness (QED) is 0.885. The summed E-state index contributed by atoms with van der Waals surface area (Å²) in [4.78, 5) is 15.8. The first-order valence-electron chi connectivity index (χ1n) is 4.89. The molecule has 1 aromatic heterocycles. The molecule has 17 heavy (non-hydrogen) atoms. The Morgan fingerprint density at radius 2 is 2.06 bits per heavy atom. The molecule has 0 aliphatic rings. The van der Waals surface area contributed by atoms with Crippen molar-refractivity contribution in [3.63, 3.8) is 0 Å². The van der Waals surface area contributed by atoms with Gasteiger partial charge in [0.2, 0.25) is 0 Å². The minimum absolute atomic E-state index is 0. The van der Waals surface area contributed by atoms with Crippen LogP contribution in [0.5, 0.6) is 0 Å². The molecule has 3 N–H and O–H groups in total. The summed E-state index contributed by atoms with van der Waals surface area (Å²) in [7, 11) is 0. The number of pyridine rings is 1. The summed E-state index contributed by atoms with van der Waals surface area (Å²) in [5, 5.41) is 2.78. The fourth-order valence-corrected chi connectivity index (χ4v) is 1.13. The van der Waals surface area contributed by atoms with Gasteiger partial charge in [-0.25, -0.2) is 0 Å². The summed E-state index contributed by atoms with van der Waals surface area (Å²) in [6.45, 7) is 5.98. The third-order valence-corrected chi connectivity index (χ3v) is 1.96. The zero-order chi connectivity index (χ0) is 11.5. The van der Waals surface area contributed by atoms with Gasteiger partial charge in [-0.15, -0.1) is 24.8 Å². The van der Waals surface area contributed by atoms with E-state index in [1.54, 1.807) is 18.3 Å². The van der Waals surface area contributed by atoms with Gasteiger partial charge in [0.25, 0.3) is 5.91 Å². The van der Waals surface area contributed by atoms with Gasteiger partial charge in [-0.3, -0.25) is 9.78 Å². The summed E-state index contributed by atoms with van der Waals surface area (Å²) < 4.78 is 0. The average molecular weight is 280 g/mol. The van der Waals surface area contributed by atoms with E-state index in [1.807, 2.05) is 20.8 Å². The molecule has 98 valence electrons. The lowest BCUT2D eigenvalue weighted by atomic mass is 10.1. The minimum atomic E-state index is -0.397. The zero-order valence-electron chi connectivity index (χ0n) is 10.2. The maximum absolute atomic E-state index is 11.7. The molecule has 0 unspecified atom stereocenters. The molecular weight excluding hydrogens is 261 g/mol. The molecule has 0 spiro atoms. The topological polar surface area (TPSA) is 68.0 Å². The minimum Gasteiger partial charge on any atom is -0.350 e. The number of hydrogen-bond acceptors (Lipinski definition) is 3. The highest BCUT2D eigenvalue weighted by Crippen LogP contribution is 2.03. The molecule has 4 nitrogen and oxygen atoms in total. The molecule has 0 radical (unpaired) electrons. The predicted molar refractivity (Wildman–Crippen MR) is 74.1 cm³/mol. The lowest BCUT2D eigenvalue weighted by molar-refractivity contribution is 0.0945. The predicted octanol–water partition coefficient (Wildman–Crippen LogP) is 1.70. The van der Waals surface area contributed by atoms with Crippen molar-refractivity contribution in [3.8, 4) is 0 Å². The maximum Gasteiger partial charge on any atom is 0.253 e. The Morgan fingerprint density at radius 3 is 2.53 bits per heavy atom. The number of amides is 1. The molecule has 1 rings (SSSR count). The first kappa shape index (κ1) is 18.5. The van der Waals surface area contributed by atoms with Crippen LogP contribution >= 0.6 is 24.8 Å². The van der Waals surface area contributed by atoms with Gasteiger partial charge < -0.3 is 11.1 Å². The monoisotopic (exact) mass is 279 g/mol. The summed E-state index contributed by atoms with van der Waals surface area (Å²) in [5.41, 5.74) is 6.70. The van der Waals surface area contributed by atoms with Crippen LogP contribution in [0.2, 0.25) is 0 Å². The van der Waals surface area contributed by atoms with E-state index in [1.165, 1.54) is 0 Å². The summed E-state index contributed by atoms with van der Waals surface area (Å²) in [6.07, 6.45) is 1.67. The summed E-state index contributed by atoms with van der Waals surface area (Å²) >= 11 is 0. The number of nitrogens with one attached hydrogen (secondary N) is 1. The molecule has 1 amide bonds. The van der Waals surface area contributed by atoms with Crippen molar-refractivity contribution in [2.75, 3.05) is 6.54 Å². The SMILES string of the molecule is Cc1ncccc1C(=O)NCC(C)(C)N.Cl.Cl. The second-order valence-corrected chi connectivity index (χ2v) is 4.31. The molecule has 0 fully saturated rings. The largest absolute Gasteiger partial charge is 0.350 e. The lowest BCUT2D eigenvalue weighted by Gasteiger charge is -2.19. The Labute approximate surface area is 114 Å². The third kappa shape index (κ3) is 6.46. The standard InChI is InChI=1S/C11H17N3O.2ClH/c1-8-9(5-4-6-13-8)10(15)14-7-11(2,3)12;;/h4-6H,7,12H2,1-3H3,(H,14,15);2*1H. The molecule has 1 aromatic rings. The van der Waals surface area contributed by atoms with E-state index in [0.29, 0.717) is 12.1 Å². The van der Waals surface area contributed by atoms with Gasteiger partial charge in [-0.05, 0) is 32.9 Å². The Balaban J connectivity index is 0. The molecule has 0 bridgehead atoms. The highest BCUT2D eigenvalue weighted by atomic mass is 35.5. The van der Waals surface area contributed by atoms with Crippen LogP contribution < -0.4 is 11.1 Å². The van der Waals surface area contributed by atoms with Crippen LogP contribution in [-0.4, -0.2) is 23.0 Å². The first-order chi connectivity index (χ1) is 6.90. The van der Waals surface area contributed by atoms with Crippen LogP contribution in [0.4, 0.5) is 0 Å². The van der Waals surface area contributed by atoms with Crippen molar-refractivity contribution in [2.24, 2.45) is 5.73 Å². The average Bonchev–Trinajstić information content (AvgIpc) is 2.14. The van der Waals surface area contributed by atoms with Crippen molar-refractivity contribution in [2.45, 2.75) is 26.3 Å². The number of hydrogen-bond donors (Lipinski definition) is 2. The van der Waals surface area contributed by atoms with Gasteiger partial charge in [-0.2, -0.15) is 0 Å². The van der Waals surface area contributed by atoms with Crippen molar-refractivity contribution < 1.29 is 4.79 Å². The molecule has 0 saturated carbocycles. The zero-order valence-corrected chi connectivity index (χ0v) is 11.8. The summed E-state index contributed by atoms with van der Waals surface area (Å²) in [5.74, 6) is -0.126. The van der Waals surface area contributed by atoms with E-state index in [2.05, 4.69) is 10.3 Å². The van der Waals surface area contributed by atoms with E-state index in [4.69, 9.17) is 5.73 Å². The van der Waals surface area contributed by atoms with Crippen LogP contribution in [-0.2, 0) is 0 Å². The van der Waals surface area contributed by atoms with Crippen molar-refractivity contribution in [3.05, 3.63) is 29.6 Å². The molecule has 6 heteroatoms. The first-order valence-corrected chi connectivity index (χ1v) is 4.89. The van der Waals surface area contributed by atoms with Crippen molar-refractivity contribution >= 4 is 30.7 Å². The molecule has 0 aliphatic carbocycles. The smallest absolute Gasteiger partial charge is 0.253 e. The number of nitrogens with zero attached hydrogens (tertiary/aromatic N) is 1. The Kier molecular flexibility index (Phi) is 8.15. The van der Waals surface area contributed by atoms with Crippen LogP contribution in [0.25, 0.3) is 0 Å². The number of aryl methyl sites for hydroxylation is 1. The number of nitrogens with two attached hydrogens (primary N) is 1. The van der Waals surface area contributed by atoms with Gasteiger partial charge in [0.15, 0.2) is 0 Å². The van der Waals surface area contributed by atoms with E-state index < -0.39 is 5.54 Å². The normalized spacial score (nSPS) is 9.88. The lowest BCUT2D eigenvalue weighted by Crippen LogP contribution is -2.45. The number of rotatable bonds is 3. The third-order valence-electron chi connectivity index (χ3n) is 1.96. The fraction of sp³-hybridized carbons (Fsp3) is 0.455. The van der Waals surface area contributed by atoms with E-state index in [0.717, 1.165) is 5.69 Å². The highest BCUT2D eigenvalue weighted by Gasteiger charge is 2.14. The van der Waals surface area contributed by atoms with Gasteiger partial charge in [-0.1, -0.05) is 0 Å². The van der Waals surface area contributed by atoms with Crippen LogP contribution in [0.3, 0.4) is 0 Å². The van der Waals surface area contributed by atoms with Crippen LogP contribution in [0, 0.1) is 6.92 Å². The molecule has 0 aromatic carbocycles. The number of carbonyl (C=O) groups is 1. The molecule has 1 heterocycles. The fourth-order valence-electron chi connectivity index (χ4n) is 1.13. The molecule has 0 aliphatic heterocycles. The summed E-state index contributed by atoms with van der Waals surface area (Å²) in [6, 6.07) is 3.50. The van der Waals surface area contributed by atoms with Gasteiger partial charge in [0, 0.05) is 24.0 Å². The Hall–Kier alpha value is -0.840. The van der Waals surface area contributed by atoms with E-state index >= 15 is 0 Å². The van der Waals surface area contributed by atoms with E-state index in [-0.39, 0.29) is 30.7 Å². The highest BCUT2D eigenvalue weighted by molar-refractivity contribution is 5.95. The molecule has 0 atom stereocenters. The van der Waals surface area contributed by atoms with E-state index in [9.17, 15) is 4.79 Å². The number of aromatic nitrogens is 1. The Morgan fingerprint density at radius 1 is 1.47 bits per heavy atom. The van der Waals surface area contributed by atoms with Crippen LogP contribution in [0.1, 0.15) is 29.9 Å². The van der Waals surface area contributed by atoms with Gasteiger partial charge >= 0.3 is 0 Å². The van der Waals surface area contributed by atoms with Crippen molar-refractivity contribution in [1.29, 1.82) is 0 Å². The number of halogens is 2. The Bertz CT molecular complexity index is 364. The van der Waals surface area contributed by atoms with Gasteiger partial charge in [0.1, 0.15) is 0 Å². The maximum atomic E-state index is 11.7. The van der Waals surface area contributed by atoms with Crippen LogP contribution in [0.15, 0.2) is 18.3 Å².